The summed E-state index contributed by atoms with van der Waals surface area (Å²) >= 11 is 0. The minimum Gasteiger partial charge on any atom is -0.354 e. The summed E-state index contributed by atoms with van der Waals surface area (Å²) in [6.07, 6.45) is -0.114. The lowest BCUT2D eigenvalue weighted by Gasteiger charge is -2.33. The quantitative estimate of drug-likeness (QED) is 0.570. The first-order valence-corrected chi connectivity index (χ1v) is 6.55. The van der Waals surface area contributed by atoms with Gasteiger partial charge in [0, 0.05) is 13.8 Å². The Labute approximate surface area is 89.0 Å². The third kappa shape index (κ3) is 4.27. The number of aliphatic hydroxyl groups is 1. The third-order valence-corrected chi connectivity index (χ3v) is 4.49. The van der Waals surface area contributed by atoms with E-state index in [9.17, 15) is 5.11 Å². The van der Waals surface area contributed by atoms with E-state index in [1.54, 1.807) is 13.8 Å². The second-order valence-electron chi connectivity index (χ2n) is 4.40. The van der Waals surface area contributed by atoms with Gasteiger partial charge >= 0.3 is 7.57 Å². The molecule has 0 rings (SSSR count). The van der Waals surface area contributed by atoms with Gasteiger partial charge < -0.3 is 5.11 Å². The molecule has 14 heavy (non-hydrogen) atoms. The molecule has 2 radical (unpaired) electrons. The van der Waals surface area contributed by atoms with Crippen molar-refractivity contribution in [2.45, 2.75) is 59.1 Å². The zero-order valence-electron chi connectivity index (χ0n) is 9.94. The zero-order valence-corrected chi connectivity index (χ0v) is 10.8. The predicted molar refractivity (Wildman–Crippen MR) is 61.4 cm³/mol. The highest BCUT2D eigenvalue weighted by atomic mass is 31.2. The number of hydrogen-bond acceptors (Lipinski definition) is 3. The summed E-state index contributed by atoms with van der Waals surface area (Å²) in [5.74, 6) is 0. The van der Waals surface area contributed by atoms with Crippen molar-refractivity contribution in [2.75, 3.05) is 0 Å². The fraction of sp³-hybridized carbons (Fsp3) is 1.00. The Bertz CT molecular complexity index is 167. The van der Waals surface area contributed by atoms with Crippen LogP contribution in [-0.2, 0) is 9.05 Å². The lowest BCUT2D eigenvalue weighted by Crippen LogP contribution is -2.30. The molecule has 0 spiro atoms. The van der Waals surface area contributed by atoms with Crippen molar-refractivity contribution in [1.82, 2.24) is 0 Å². The first kappa shape index (κ1) is 14.4. The minimum absolute atomic E-state index is 0.0569. The van der Waals surface area contributed by atoms with E-state index in [4.69, 9.17) is 16.6 Å². The maximum atomic E-state index is 9.91. The Kier molecular flexibility index (Phi) is 5.07. The first-order valence-electron chi connectivity index (χ1n) is 4.85. The van der Waals surface area contributed by atoms with Gasteiger partial charge in [0.15, 0.2) is 0 Å². The molecule has 1 N–H and O–H groups in total. The molecule has 82 valence electrons. The molecule has 0 aliphatic carbocycles. The van der Waals surface area contributed by atoms with Crippen LogP contribution < -0.4 is 0 Å². The standard InChI is InChI=1S/C9H21BO3P/c1-7(2)12-14(10,9(5,6)11)13-8(3)4/h7-8,11H,1-6H3/q+1. The van der Waals surface area contributed by atoms with Crippen molar-refractivity contribution < 1.29 is 14.2 Å². The van der Waals surface area contributed by atoms with E-state index in [1.165, 1.54) is 0 Å². The molecular weight excluding hydrogens is 198 g/mol. The van der Waals surface area contributed by atoms with Crippen molar-refractivity contribution >= 4 is 15.2 Å². The molecule has 0 heterocycles. The monoisotopic (exact) mass is 219 g/mol. The van der Waals surface area contributed by atoms with E-state index < -0.39 is 12.9 Å². The van der Waals surface area contributed by atoms with Crippen LogP contribution in [0.2, 0.25) is 0 Å². The summed E-state index contributed by atoms with van der Waals surface area (Å²) < 4.78 is 11.1. The van der Waals surface area contributed by atoms with Crippen LogP contribution in [0.4, 0.5) is 0 Å². The lowest BCUT2D eigenvalue weighted by atomic mass is 10.5. The molecule has 0 unspecified atom stereocenters. The maximum absolute atomic E-state index is 9.91. The van der Waals surface area contributed by atoms with Crippen LogP contribution in [-0.4, -0.2) is 30.2 Å². The Balaban J connectivity index is 4.67. The van der Waals surface area contributed by atoms with Crippen molar-refractivity contribution in [3.05, 3.63) is 0 Å². The van der Waals surface area contributed by atoms with E-state index in [2.05, 4.69) is 0 Å². The second kappa shape index (κ2) is 4.93. The molecule has 0 aliphatic rings. The maximum Gasteiger partial charge on any atom is 0.448 e. The summed E-state index contributed by atoms with van der Waals surface area (Å²) in [5.41, 5.74) is 0. The van der Waals surface area contributed by atoms with Crippen molar-refractivity contribution in [1.29, 1.82) is 0 Å². The van der Waals surface area contributed by atoms with Gasteiger partial charge in [0.1, 0.15) is 0 Å². The largest absolute Gasteiger partial charge is 0.448 e. The van der Waals surface area contributed by atoms with E-state index in [0.717, 1.165) is 0 Å². The molecule has 0 saturated heterocycles. The SMILES string of the molecule is [B][P+](OC(C)C)(OC(C)C)C(C)(C)O. The van der Waals surface area contributed by atoms with Gasteiger partial charge in [-0.2, -0.15) is 0 Å². The smallest absolute Gasteiger partial charge is 0.354 e. The molecule has 0 saturated carbocycles. The normalized spacial score (nSPS) is 14.1. The molecule has 3 nitrogen and oxygen atoms in total. The minimum atomic E-state index is -2.71. The Morgan fingerprint density at radius 3 is 1.50 bits per heavy atom. The van der Waals surface area contributed by atoms with Gasteiger partial charge in [-0.25, -0.2) is 9.05 Å². The van der Waals surface area contributed by atoms with Crippen LogP contribution in [0, 0.1) is 0 Å². The van der Waals surface area contributed by atoms with Gasteiger partial charge in [-0.05, 0) is 27.7 Å². The van der Waals surface area contributed by atoms with E-state index in [0.29, 0.717) is 0 Å². The fourth-order valence-corrected chi connectivity index (χ4v) is 2.73. The van der Waals surface area contributed by atoms with E-state index >= 15 is 0 Å². The molecule has 5 heteroatoms. The van der Waals surface area contributed by atoms with E-state index in [1.807, 2.05) is 27.7 Å². The van der Waals surface area contributed by atoms with Crippen LogP contribution in [0.15, 0.2) is 0 Å². The van der Waals surface area contributed by atoms with Gasteiger partial charge in [0.05, 0.1) is 12.2 Å². The van der Waals surface area contributed by atoms with Crippen molar-refractivity contribution in [3.63, 3.8) is 0 Å². The van der Waals surface area contributed by atoms with E-state index in [-0.39, 0.29) is 12.2 Å². The molecule has 0 fully saturated rings. The Hall–Kier alpha value is 0.375. The molecular formula is C9H21BO3P+. The van der Waals surface area contributed by atoms with Crippen LogP contribution in [0.1, 0.15) is 41.5 Å². The zero-order chi connectivity index (χ0) is 11.6. The topological polar surface area (TPSA) is 38.7 Å². The average Bonchev–Trinajstić information content (AvgIpc) is 1.78. The first-order chi connectivity index (χ1) is 6.08. The highest BCUT2D eigenvalue weighted by molar-refractivity contribution is 7.90. The summed E-state index contributed by atoms with van der Waals surface area (Å²) in [5, 5.41) is 8.77. The average molecular weight is 219 g/mol. The summed E-state index contributed by atoms with van der Waals surface area (Å²) in [4.78, 5) is 0. The van der Waals surface area contributed by atoms with Crippen molar-refractivity contribution in [2.24, 2.45) is 0 Å². The van der Waals surface area contributed by atoms with Crippen LogP contribution >= 0.6 is 7.59 Å². The van der Waals surface area contributed by atoms with Crippen LogP contribution in [0.3, 0.4) is 0 Å². The van der Waals surface area contributed by atoms with Gasteiger partial charge in [-0.15, -0.1) is 0 Å². The molecule has 0 aromatic carbocycles. The van der Waals surface area contributed by atoms with Crippen molar-refractivity contribution in [3.8, 4) is 0 Å². The van der Waals surface area contributed by atoms with Gasteiger partial charge in [-0.3, -0.25) is 0 Å². The lowest BCUT2D eigenvalue weighted by molar-refractivity contribution is 0.0879. The number of hydrogen-bond donors (Lipinski definition) is 1. The molecule has 0 amide bonds. The van der Waals surface area contributed by atoms with Crippen LogP contribution in [0.5, 0.6) is 0 Å². The highest BCUT2D eigenvalue weighted by Crippen LogP contribution is 2.66. The van der Waals surface area contributed by atoms with Gasteiger partial charge in [-0.1, -0.05) is 0 Å². The molecule has 0 aromatic heterocycles. The second-order valence-corrected chi connectivity index (χ2v) is 7.11. The predicted octanol–water partition coefficient (Wildman–Crippen LogP) is 2.50. The Morgan fingerprint density at radius 1 is 1.07 bits per heavy atom. The highest BCUT2D eigenvalue weighted by Gasteiger charge is 2.53. The fourth-order valence-electron chi connectivity index (χ4n) is 0.909. The summed E-state index contributed by atoms with van der Waals surface area (Å²) in [6, 6.07) is 0. The third-order valence-electron chi connectivity index (χ3n) is 1.50. The summed E-state index contributed by atoms with van der Waals surface area (Å²) in [7, 11) is 3.28. The van der Waals surface area contributed by atoms with Gasteiger partial charge in [0.25, 0.3) is 0 Å². The Morgan fingerprint density at radius 2 is 1.36 bits per heavy atom. The number of rotatable bonds is 5. The van der Waals surface area contributed by atoms with Crippen LogP contribution in [0.25, 0.3) is 0 Å². The molecule has 0 aliphatic heterocycles. The summed E-state index contributed by atoms with van der Waals surface area (Å²) in [6.45, 7) is 10.7. The van der Waals surface area contributed by atoms with Gasteiger partial charge in [0.2, 0.25) is 12.9 Å². The molecule has 0 atom stereocenters. The molecule has 0 aromatic rings. The molecule has 0 bridgehead atoms.